The van der Waals surface area contributed by atoms with E-state index in [9.17, 15) is 0 Å². The zero-order valence-corrected chi connectivity index (χ0v) is 26.6. The number of rotatable bonds is 14. The smallest absolute Gasteiger partial charge is 0.323 e. The third-order valence-corrected chi connectivity index (χ3v) is 8.08. The van der Waals surface area contributed by atoms with E-state index in [1.807, 2.05) is 6.92 Å². The molecule has 0 aliphatic carbocycles. The Bertz CT molecular complexity index is 801. The molecular formula is C31H59N7O. The number of piperidine rings is 2. The van der Waals surface area contributed by atoms with Gasteiger partial charge in [0.05, 0.1) is 6.61 Å². The number of aromatic nitrogens is 3. The van der Waals surface area contributed by atoms with Gasteiger partial charge in [-0.1, -0.05) is 25.7 Å². The second-order valence-electron chi connectivity index (χ2n) is 14.9. The summed E-state index contributed by atoms with van der Waals surface area (Å²) in [6.45, 7) is 22.9. The molecule has 8 nitrogen and oxygen atoms in total. The quantitative estimate of drug-likeness (QED) is 0.196. The van der Waals surface area contributed by atoms with Gasteiger partial charge in [0.1, 0.15) is 0 Å². The topological polar surface area (TPSA) is 96.0 Å². The van der Waals surface area contributed by atoms with Crippen molar-refractivity contribution in [2.24, 2.45) is 11.8 Å². The monoisotopic (exact) mass is 545 g/mol. The van der Waals surface area contributed by atoms with E-state index in [-0.39, 0.29) is 22.2 Å². The Morgan fingerprint density at radius 3 is 1.38 bits per heavy atom. The lowest BCUT2D eigenvalue weighted by atomic mass is 9.74. The molecule has 0 saturated carbocycles. The van der Waals surface area contributed by atoms with Crippen LogP contribution in [0.25, 0.3) is 0 Å². The highest BCUT2D eigenvalue weighted by molar-refractivity contribution is 5.35. The number of unbranched alkanes of at least 4 members (excludes halogenated alkanes) is 2. The van der Waals surface area contributed by atoms with Crippen LogP contribution in [0, 0.1) is 11.8 Å². The predicted octanol–water partition coefficient (Wildman–Crippen LogP) is 6.55. The van der Waals surface area contributed by atoms with Crippen LogP contribution in [-0.4, -0.2) is 56.8 Å². The van der Waals surface area contributed by atoms with Gasteiger partial charge in [0.15, 0.2) is 0 Å². The molecule has 2 aliphatic rings. The van der Waals surface area contributed by atoms with Crippen molar-refractivity contribution in [1.29, 1.82) is 0 Å². The molecule has 1 aromatic heterocycles. The van der Waals surface area contributed by atoms with Crippen molar-refractivity contribution in [3.63, 3.8) is 0 Å². The predicted molar refractivity (Wildman–Crippen MR) is 164 cm³/mol. The maximum absolute atomic E-state index is 5.62. The molecule has 0 radical (unpaired) electrons. The number of hydrogen-bond acceptors (Lipinski definition) is 8. The fraction of sp³-hybridized carbons (Fsp3) is 0.903. The Balaban J connectivity index is 1.40. The molecule has 0 aromatic carbocycles. The summed E-state index contributed by atoms with van der Waals surface area (Å²) in [5.41, 5.74) is 0.872. The Morgan fingerprint density at radius 1 is 0.641 bits per heavy atom. The third kappa shape index (κ3) is 11.4. The highest BCUT2D eigenvalue weighted by atomic mass is 16.5. The minimum absolute atomic E-state index is 0.218. The normalized spacial score (nSPS) is 22.4. The molecule has 0 amide bonds. The van der Waals surface area contributed by atoms with Gasteiger partial charge in [-0.25, -0.2) is 0 Å². The molecule has 3 heterocycles. The Morgan fingerprint density at radius 2 is 1.03 bits per heavy atom. The molecule has 4 N–H and O–H groups in total. The molecule has 0 spiro atoms. The lowest BCUT2D eigenvalue weighted by molar-refractivity contribution is 0.121. The molecule has 0 unspecified atom stereocenters. The first-order valence-electron chi connectivity index (χ1n) is 15.6. The van der Waals surface area contributed by atoms with Crippen molar-refractivity contribution in [2.45, 2.75) is 149 Å². The maximum Gasteiger partial charge on any atom is 0.323 e. The van der Waals surface area contributed by atoms with Crippen LogP contribution < -0.4 is 26.0 Å². The largest absolute Gasteiger partial charge is 0.464 e. The third-order valence-electron chi connectivity index (χ3n) is 8.08. The summed E-state index contributed by atoms with van der Waals surface area (Å²) in [5.74, 6) is 2.75. The summed E-state index contributed by atoms with van der Waals surface area (Å²) in [5, 5.41) is 14.4. The number of nitrogens with zero attached hydrogens (tertiary/aromatic N) is 3. The number of ether oxygens (including phenoxy) is 1. The molecule has 8 heteroatoms. The number of hydrogen-bond donors (Lipinski definition) is 4. The summed E-state index contributed by atoms with van der Waals surface area (Å²) in [4.78, 5) is 13.6. The van der Waals surface area contributed by atoms with Crippen LogP contribution in [0.4, 0.5) is 11.9 Å². The number of nitrogens with one attached hydrogen (secondary N) is 4. The summed E-state index contributed by atoms with van der Waals surface area (Å²) < 4.78 is 5.62. The fourth-order valence-corrected chi connectivity index (χ4v) is 7.70. The van der Waals surface area contributed by atoms with E-state index in [1.165, 1.54) is 51.4 Å². The first kappa shape index (κ1) is 31.9. The van der Waals surface area contributed by atoms with Gasteiger partial charge in [-0.3, -0.25) is 0 Å². The lowest BCUT2D eigenvalue weighted by Gasteiger charge is -2.46. The van der Waals surface area contributed by atoms with Gasteiger partial charge in [0.2, 0.25) is 11.9 Å². The van der Waals surface area contributed by atoms with Crippen LogP contribution >= 0.6 is 0 Å². The minimum atomic E-state index is 0.218. The molecule has 0 bridgehead atoms. The standard InChI is InChI=1S/C31H59N7O/c1-10-39-27-35-25(32-17-13-11-15-23-19-28(2,3)37-29(4,5)20-23)34-26(36-27)33-18-14-12-16-24-21-30(6,7)38-31(8,9)22-24/h23-24,37-38H,10-22H2,1-9H3,(H2,32,33,34,35,36). The van der Waals surface area contributed by atoms with E-state index in [1.54, 1.807) is 0 Å². The average Bonchev–Trinajstić information content (AvgIpc) is 2.74. The van der Waals surface area contributed by atoms with Crippen LogP contribution in [0.2, 0.25) is 0 Å². The highest BCUT2D eigenvalue weighted by Gasteiger charge is 2.38. The molecule has 2 fully saturated rings. The van der Waals surface area contributed by atoms with Crippen LogP contribution in [0.1, 0.15) is 127 Å². The first-order valence-corrected chi connectivity index (χ1v) is 15.6. The number of anilines is 2. The van der Waals surface area contributed by atoms with Crippen molar-refractivity contribution in [3.8, 4) is 6.01 Å². The van der Waals surface area contributed by atoms with Crippen molar-refractivity contribution >= 4 is 11.9 Å². The second-order valence-corrected chi connectivity index (χ2v) is 14.9. The molecular weight excluding hydrogens is 486 g/mol. The molecule has 39 heavy (non-hydrogen) atoms. The Hall–Kier alpha value is -1.67. The highest BCUT2D eigenvalue weighted by Crippen LogP contribution is 2.36. The van der Waals surface area contributed by atoms with Crippen molar-refractivity contribution in [3.05, 3.63) is 0 Å². The molecule has 224 valence electrons. The first-order chi connectivity index (χ1) is 18.2. The summed E-state index contributed by atoms with van der Waals surface area (Å²) in [7, 11) is 0. The van der Waals surface area contributed by atoms with Gasteiger partial charge in [0, 0.05) is 35.2 Å². The zero-order valence-electron chi connectivity index (χ0n) is 26.6. The zero-order chi connectivity index (χ0) is 28.7. The fourth-order valence-electron chi connectivity index (χ4n) is 7.70. The van der Waals surface area contributed by atoms with Gasteiger partial charge < -0.3 is 26.0 Å². The molecule has 1 aromatic rings. The summed E-state index contributed by atoms with van der Waals surface area (Å²) >= 11 is 0. The second kappa shape index (κ2) is 13.3. The van der Waals surface area contributed by atoms with E-state index < -0.39 is 0 Å². The van der Waals surface area contributed by atoms with Crippen molar-refractivity contribution in [2.75, 3.05) is 30.3 Å². The van der Waals surface area contributed by atoms with E-state index in [0.717, 1.165) is 37.8 Å². The molecule has 2 aliphatic heterocycles. The van der Waals surface area contributed by atoms with Gasteiger partial charge in [-0.2, -0.15) is 15.0 Å². The maximum atomic E-state index is 5.62. The molecule has 2 saturated heterocycles. The van der Waals surface area contributed by atoms with E-state index in [2.05, 4.69) is 91.6 Å². The van der Waals surface area contributed by atoms with Gasteiger partial charge >= 0.3 is 6.01 Å². The van der Waals surface area contributed by atoms with Crippen LogP contribution in [-0.2, 0) is 0 Å². The van der Waals surface area contributed by atoms with Crippen LogP contribution in [0.15, 0.2) is 0 Å². The molecule has 0 atom stereocenters. The van der Waals surface area contributed by atoms with Crippen LogP contribution in [0.5, 0.6) is 6.01 Å². The Kier molecular flexibility index (Phi) is 10.9. The molecule has 3 rings (SSSR count). The van der Waals surface area contributed by atoms with Gasteiger partial charge in [-0.15, -0.1) is 0 Å². The van der Waals surface area contributed by atoms with Crippen molar-refractivity contribution in [1.82, 2.24) is 25.6 Å². The van der Waals surface area contributed by atoms with Gasteiger partial charge in [-0.05, 0) is 113 Å². The lowest BCUT2D eigenvalue weighted by Crippen LogP contribution is -2.57. The average molecular weight is 546 g/mol. The van der Waals surface area contributed by atoms with E-state index >= 15 is 0 Å². The van der Waals surface area contributed by atoms with Crippen LogP contribution in [0.3, 0.4) is 0 Å². The minimum Gasteiger partial charge on any atom is -0.464 e. The summed E-state index contributed by atoms with van der Waals surface area (Å²) in [6.07, 6.45) is 12.2. The van der Waals surface area contributed by atoms with E-state index in [0.29, 0.717) is 24.5 Å². The SMILES string of the molecule is CCOc1nc(NCCCCC2CC(C)(C)NC(C)(C)C2)nc(NCCCCC2CC(C)(C)NC(C)(C)C2)n1. The Labute approximate surface area is 239 Å². The van der Waals surface area contributed by atoms with E-state index in [4.69, 9.17) is 4.74 Å². The van der Waals surface area contributed by atoms with Gasteiger partial charge in [0.25, 0.3) is 0 Å². The summed E-state index contributed by atoms with van der Waals surface area (Å²) in [6, 6.07) is 0.385. The van der Waals surface area contributed by atoms with Crippen molar-refractivity contribution < 1.29 is 4.74 Å².